The molecule has 1 aliphatic rings. The van der Waals surface area contributed by atoms with Crippen molar-refractivity contribution in [3.8, 4) is 0 Å². The zero-order valence-electron chi connectivity index (χ0n) is 11.6. The Hall–Kier alpha value is -1.69. The Morgan fingerprint density at radius 3 is 2.80 bits per heavy atom. The highest BCUT2D eigenvalue weighted by atomic mass is 32.1. The van der Waals surface area contributed by atoms with Gasteiger partial charge in [-0.05, 0) is 26.7 Å². The van der Waals surface area contributed by atoms with Gasteiger partial charge in [-0.25, -0.2) is 4.98 Å². The van der Waals surface area contributed by atoms with Crippen molar-refractivity contribution in [2.45, 2.75) is 45.6 Å². The predicted octanol–water partition coefficient (Wildman–Crippen LogP) is 2.05. The van der Waals surface area contributed by atoms with Gasteiger partial charge in [0, 0.05) is 22.8 Å². The summed E-state index contributed by atoms with van der Waals surface area (Å²) in [5.41, 5.74) is 0.723. The smallest absolute Gasteiger partial charge is 0.271 e. The van der Waals surface area contributed by atoms with Crippen molar-refractivity contribution >= 4 is 22.2 Å². The van der Waals surface area contributed by atoms with Crippen LogP contribution in [0.25, 0.3) is 4.96 Å². The zero-order chi connectivity index (χ0) is 14.3. The van der Waals surface area contributed by atoms with Crippen LogP contribution in [0.3, 0.4) is 0 Å². The predicted molar refractivity (Wildman–Crippen MR) is 78.5 cm³/mol. The van der Waals surface area contributed by atoms with Gasteiger partial charge in [0.15, 0.2) is 4.96 Å². The van der Waals surface area contributed by atoms with Crippen molar-refractivity contribution in [3.63, 3.8) is 0 Å². The number of nitrogens with zero attached hydrogens (tertiary/aromatic N) is 2. The van der Waals surface area contributed by atoms with Crippen molar-refractivity contribution in [2.24, 2.45) is 0 Å². The molecule has 1 N–H and O–H groups in total. The van der Waals surface area contributed by atoms with Crippen LogP contribution in [0.4, 0.5) is 0 Å². The average Bonchev–Trinajstić information content (AvgIpc) is 3.00. The number of rotatable bonds is 2. The molecule has 0 bridgehead atoms. The zero-order valence-corrected chi connectivity index (χ0v) is 12.4. The van der Waals surface area contributed by atoms with E-state index in [9.17, 15) is 9.59 Å². The van der Waals surface area contributed by atoms with Crippen molar-refractivity contribution in [2.75, 3.05) is 0 Å². The summed E-state index contributed by atoms with van der Waals surface area (Å²) in [5.74, 6) is -0.299. The third-order valence-electron chi connectivity index (χ3n) is 3.95. The Kier molecular flexibility index (Phi) is 3.33. The molecule has 20 heavy (non-hydrogen) atoms. The summed E-state index contributed by atoms with van der Waals surface area (Å²) in [5, 5.41) is 2.94. The highest BCUT2D eigenvalue weighted by Gasteiger charge is 2.21. The maximum Gasteiger partial charge on any atom is 0.271 e. The molecule has 1 aliphatic carbocycles. The number of hydrogen-bond acceptors (Lipinski definition) is 4. The number of thiazole rings is 1. The van der Waals surface area contributed by atoms with Crippen LogP contribution in [0, 0.1) is 13.8 Å². The molecule has 2 aromatic rings. The molecule has 1 amide bonds. The van der Waals surface area contributed by atoms with Gasteiger partial charge in [0.05, 0.1) is 0 Å². The van der Waals surface area contributed by atoms with E-state index in [2.05, 4.69) is 10.3 Å². The molecule has 0 spiro atoms. The van der Waals surface area contributed by atoms with Crippen LogP contribution in [-0.2, 0) is 0 Å². The quantitative estimate of drug-likeness (QED) is 0.921. The molecule has 0 atom stereocenters. The molecule has 0 unspecified atom stereocenters. The van der Waals surface area contributed by atoms with E-state index in [1.807, 2.05) is 13.8 Å². The second kappa shape index (κ2) is 5.01. The van der Waals surface area contributed by atoms with Crippen molar-refractivity contribution in [1.82, 2.24) is 14.7 Å². The fourth-order valence-corrected chi connectivity index (χ4v) is 3.59. The Morgan fingerprint density at radius 1 is 1.40 bits per heavy atom. The molecule has 0 aromatic carbocycles. The maximum absolute atomic E-state index is 12.4. The Balaban J connectivity index is 1.99. The minimum atomic E-state index is -0.299. The molecule has 1 saturated carbocycles. The molecular formula is C14H17N3O2S. The third-order valence-corrected chi connectivity index (χ3v) is 5.03. The van der Waals surface area contributed by atoms with Gasteiger partial charge in [0.25, 0.3) is 11.5 Å². The first-order valence-corrected chi connectivity index (χ1v) is 7.68. The van der Waals surface area contributed by atoms with E-state index < -0.39 is 0 Å². The summed E-state index contributed by atoms with van der Waals surface area (Å²) in [6, 6.07) is 0.202. The molecule has 2 heterocycles. The Labute approximate surface area is 120 Å². The number of aryl methyl sites for hydroxylation is 2. The molecule has 3 rings (SSSR count). The average molecular weight is 291 g/mol. The number of aromatic nitrogens is 2. The molecular weight excluding hydrogens is 274 g/mol. The van der Waals surface area contributed by atoms with Gasteiger partial charge in [-0.3, -0.25) is 14.0 Å². The molecule has 5 nitrogen and oxygen atoms in total. The minimum absolute atomic E-state index is 0.135. The van der Waals surface area contributed by atoms with Crippen LogP contribution >= 0.6 is 11.3 Å². The Morgan fingerprint density at radius 2 is 2.10 bits per heavy atom. The number of amides is 1. The molecule has 1 fully saturated rings. The van der Waals surface area contributed by atoms with Gasteiger partial charge < -0.3 is 5.32 Å². The third kappa shape index (κ3) is 2.14. The van der Waals surface area contributed by atoms with Crippen LogP contribution in [-0.4, -0.2) is 21.3 Å². The first kappa shape index (κ1) is 13.3. The van der Waals surface area contributed by atoms with Crippen LogP contribution < -0.4 is 10.9 Å². The molecule has 0 radical (unpaired) electrons. The van der Waals surface area contributed by atoms with E-state index >= 15 is 0 Å². The molecule has 2 aromatic heterocycles. The van der Waals surface area contributed by atoms with Crippen molar-refractivity contribution in [3.05, 3.63) is 32.7 Å². The van der Waals surface area contributed by atoms with Crippen molar-refractivity contribution in [1.29, 1.82) is 0 Å². The normalized spacial score (nSPS) is 15.9. The van der Waals surface area contributed by atoms with Gasteiger partial charge in [-0.15, -0.1) is 11.3 Å². The largest absolute Gasteiger partial charge is 0.349 e. The van der Waals surface area contributed by atoms with Crippen LogP contribution in [0.15, 0.2) is 11.0 Å². The standard InChI is InChI=1S/C14H17N3O2S/c1-8-9(2)20-14-15-7-11(13(19)17(8)14)12(18)16-10-5-3-4-6-10/h7,10H,3-6H2,1-2H3,(H,16,18). The Bertz CT molecular complexity index is 726. The lowest BCUT2D eigenvalue weighted by molar-refractivity contribution is 0.0936. The maximum atomic E-state index is 12.4. The first-order valence-electron chi connectivity index (χ1n) is 6.86. The fourth-order valence-electron chi connectivity index (χ4n) is 2.67. The van der Waals surface area contributed by atoms with E-state index in [1.165, 1.54) is 21.9 Å². The first-order chi connectivity index (χ1) is 9.58. The summed E-state index contributed by atoms with van der Waals surface area (Å²) in [4.78, 5) is 30.6. The highest BCUT2D eigenvalue weighted by Crippen LogP contribution is 2.19. The van der Waals surface area contributed by atoms with Gasteiger partial charge in [-0.1, -0.05) is 12.8 Å². The minimum Gasteiger partial charge on any atom is -0.349 e. The summed E-state index contributed by atoms with van der Waals surface area (Å²) in [7, 11) is 0. The van der Waals surface area contributed by atoms with Crippen LogP contribution in [0.1, 0.15) is 46.6 Å². The summed E-state index contributed by atoms with van der Waals surface area (Å²) >= 11 is 1.47. The van der Waals surface area contributed by atoms with E-state index in [4.69, 9.17) is 0 Å². The van der Waals surface area contributed by atoms with E-state index in [-0.39, 0.29) is 23.1 Å². The molecule has 0 aliphatic heterocycles. The number of fused-ring (bicyclic) bond motifs is 1. The molecule has 6 heteroatoms. The second-order valence-electron chi connectivity index (χ2n) is 5.29. The lowest BCUT2D eigenvalue weighted by atomic mass is 10.2. The summed E-state index contributed by atoms with van der Waals surface area (Å²) in [6.07, 6.45) is 5.68. The van der Waals surface area contributed by atoms with Gasteiger partial charge in [0.2, 0.25) is 0 Å². The van der Waals surface area contributed by atoms with E-state index in [1.54, 1.807) is 0 Å². The topological polar surface area (TPSA) is 63.5 Å². The SMILES string of the molecule is Cc1sc2ncc(C(=O)NC3CCCC3)c(=O)n2c1C. The van der Waals surface area contributed by atoms with Crippen LogP contribution in [0.2, 0.25) is 0 Å². The van der Waals surface area contributed by atoms with Gasteiger partial charge >= 0.3 is 0 Å². The molecule has 106 valence electrons. The monoisotopic (exact) mass is 291 g/mol. The fraction of sp³-hybridized carbons (Fsp3) is 0.500. The number of hydrogen-bond donors (Lipinski definition) is 1. The van der Waals surface area contributed by atoms with E-state index in [0.717, 1.165) is 36.3 Å². The molecule has 0 saturated heterocycles. The van der Waals surface area contributed by atoms with Gasteiger partial charge in [0.1, 0.15) is 5.56 Å². The lowest BCUT2D eigenvalue weighted by Gasteiger charge is -2.11. The van der Waals surface area contributed by atoms with Gasteiger partial charge in [-0.2, -0.15) is 0 Å². The summed E-state index contributed by atoms with van der Waals surface area (Å²) in [6.45, 7) is 3.83. The van der Waals surface area contributed by atoms with E-state index in [0.29, 0.717) is 4.96 Å². The summed E-state index contributed by atoms with van der Waals surface area (Å²) < 4.78 is 1.53. The van der Waals surface area contributed by atoms with Crippen molar-refractivity contribution < 1.29 is 4.79 Å². The highest BCUT2D eigenvalue weighted by molar-refractivity contribution is 7.17. The second-order valence-corrected chi connectivity index (χ2v) is 6.48. The number of nitrogens with one attached hydrogen (secondary N) is 1. The van der Waals surface area contributed by atoms with Crippen LogP contribution in [0.5, 0.6) is 0 Å². The number of carbonyl (C=O) groups is 1. The number of carbonyl (C=O) groups excluding carboxylic acids is 1. The lowest BCUT2D eigenvalue weighted by Crippen LogP contribution is -2.37.